The number of furan rings is 1. The van der Waals surface area contributed by atoms with E-state index in [0.29, 0.717) is 12.5 Å². The topological polar surface area (TPSA) is 45.5 Å². The summed E-state index contributed by atoms with van der Waals surface area (Å²) in [6.07, 6.45) is 3.30. The van der Waals surface area contributed by atoms with Crippen molar-refractivity contribution in [2.24, 2.45) is 5.92 Å². The summed E-state index contributed by atoms with van der Waals surface area (Å²) in [5.74, 6) is 2.58. The monoisotopic (exact) mass is 264 g/mol. The Morgan fingerprint density at radius 3 is 2.95 bits per heavy atom. The average molecular weight is 264 g/mol. The lowest BCUT2D eigenvalue weighted by Gasteiger charge is -2.31. The van der Waals surface area contributed by atoms with Crippen LogP contribution in [-0.4, -0.2) is 30.4 Å². The molecule has 1 aliphatic rings. The van der Waals surface area contributed by atoms with Crippen molar-refractivity contribution in [2.75, 3.05) is 13.6 Å². The first-order valence-corrected chi connectivity index (χ1v) is 7.13. The molecule has 1 saturated heterocycles. The lowest BCUT2D eigenvalue weighted by atomic mass is 9.90. The van der Waals surface area contributed by atoms with E-state index in [9.17, 15) is 4.79 Å². The molecule has 1 fully saturated rings. The minimum atomic E-state index is -0.0280. The highest BCUT2D eigenvalue weighted by Crippen LogP contribution is 2.20. The summed E-state index contributed by atoms with van der Waals surface area (Å²) in [6, 6.07) is 3.83. The van der Waals surface area contributed by atoms with Crippen molar-refractivity contribution >= 4 is 5.91 Å². The lowest BCUT2D eigenvalue weighted by molar-refractivity contribution is -0.133. The van der Waals surface area contributed by atoms with Gasteiger partial charge in [-0.2, -0.15) is 0 Å². The molecule has 0 spiro atoms. The zero-order valence-corrected chi connectivity index (χ0v) is 12.1. The molecule has 1 aliphatic heterocycles. The Hall–Kier alpha value is -1.29. The zero-order chi connectivity index (χ0) is 13.8. The highest BCUT2D eigenvalue weighted by Gasteiger charge is 2.28. The molecule has 4 nitrogen and oxygen atoms in total. The first-order valence-electron chi connectivity index (χ1n) is 7.13. The van der Waals surface area contributed by atoms with Crippen LogP contribution in [0.1, 0.15) is 37.7 Å². The van der Waals surface area contributed by atoms with E-state index in [-0.39, 0.29) is 11.9 Å². The van der Waals surface area contributed by atoms with Crippen LogP contribution in [0.25, 0.3) is 0 Å². The van der Waals surface area contributed by atoms with Crippen LogP contribution < -0.4 is 5.32 Å². The van der Waals surface area contributed by atoms with Crippen LogP contribution in [0.3, 0.4) is 0 Å². The SMILES string of the molecule is CCC1CCNC(C(=O)N(C)Cc2ccc(C)o2)C1. The number of aryl methyl sites for hydroxylation is 1. The molecule has 2 heterocycles. The molecule has 1 amide bonds. The number of carbonyl (C=O) groups excluding carboxylic acids is 1. The number of hydrogen-bond acceptors (Lipinski definition) is 3. The number of likely N-dealkylation sites (N-methyl/N-ethyl adjacent to an activating group) is 1. The summed E-state index contributed by atoms with van der Waals surface area (Å²) >= 11 is 0. The molecule has 1 aromatic heterocycles. The lowest BCUT2D eigenvalue weighted by Crippen LogP contribution is -2.48. The number of nitrogens with one attached hydrogen (secondary N) is 1. The highest BCUT2D eigenvalue weighted by molar-refractivity contribution is 5.81. The third-order valence-corrected chi connectivity index (χ3v) is 3.95. The molecular formula is C15H24N2O2. The Morgan fingerprint density at radius 2 is 2.32 bits per heavy atom. The van der Waals surface area contributed by atoms with E-state index in [4.69, 9.17) is 4.42 Å². The first kappa shape index (κ1) is 14.1. The first-order chi connectivity index (χ1) is 9.10. The molecule has 0 bridgehead atoms. The van der Waals surface area contributed by atoms with Crippen LogP contribution in [0.2, 0.25) is 0 Å². The summed E-state index contributed by atoms with van der Waals surface area (Å²) < 4.78 is 5.52. The van der Waals surface area contributed by atoms with Crippen LogP contribution in [0.15, 0.2) is 16.5 Å². The maximum Gasteiger partial charge on any atom is 0.239 e. The maximum atomic E-state index is 12.4. The molecule has 2 rings (SSSR count). The second-order valence-corrected chi connectivity index (χ2v) is 5.51. The van der Waals surface area contributed by atoms with E-state index in [0.717, 1.165) is 30.9 Å². The van der Waals surface area contributed by atoms with E-state index < -0.39 is 0 Å². The van der Waals surface area contributed by atoms with E-state index >= 15 is 0 Å². The number of amides is 1. The zero-order valence-electron chi connectivity index (χ0n) is 12.1. The fourth-order valence-corrected chi connectivity index (χ4v) is 2.70. The van der Waals surface area contributed by atoms with Gasteiger partial charge in [0.25, 0.3) is 0 Å². The Labute approximate surface area is 115 Å². The van der Waals surface area contributed by atoms with E-state index in [1.165, 1.54) is 6.42 Å². The van der Waals surface area contributed by atoms with Gasteiger partial charge in [0, 0.05) is 7.05 Å². The molecule has 106 valence electrons. The molecule has 2 unspecified atom stereocenters. The predicted molar refractivity (Wildman–Crippen MR) is 74.7 cm³/mol. The molecule has 4 heteroatoms. The summed E-state index contributed by atoms with van der Waals surface area (Å²) in [6.45, 7) is 5.61. The molecule has 0 radical (unpaired) electrons. The van der Waals surface area contributed by atoms with Gasteiger partial charge in [0.2, 0.25) is 5.91 Å². The number of carbonyl (C=O) groups is 1. The highest BCUT2D eigenvalue weighted by atomic mass is 16.3. The van der Waals surface area contributed by atoms with Gasteiger partial charge in [-0.15, -0.1) is 0 Å². The van der Waals surface area contributed by atoms with Crippen LogP contribution in [0.5, 0.6) is 0 Å². The van der Waals surface area contributed by atoms with Gasteiger partial charge in [0.15, 0.2) is 0 Å². The van der Waals surface area contributed by atoms with Crippen molar-refractivity contribution < 1.29 is 9.21 Å². The summed E-state index contributed by atoms with van der Waals surface area (Å²) in [5, 5.41) is 3.33. The van der Waals surface area contributed by atoms with Crippen molar-refractivity contribution in [2.45, 2.75) is 45.7 Å². The van der Waals surface area contributed by atoms with Gasteiger partial charge in [0.05, 0.1) is 12.6 Å². The van der Waals surface area contributed by atoms with Crippen molar-refractivity contribution in [3.05, 3.63) is 23.7 Å². The third kappa shape index (κ3) is 3.60. The number of piperidine rings is 1. The maximum absolute atomic E-state index is 12.4. The van der Waals surface area contributed by atoms with Crippen LogP contribution in [-0.2, 0) is 11.3 Å². The van der Waals surface area contributed by atoms with Gasteiger partial charge in [0.1, 0.15) is 11.5 Å². The largest absolute Gasteiger partial charge is 0.464 e. The molecular weight excluding hydrogens is 240 g/mol. The van der Waals surface area contributed by atoms with Gasteiger partial charge in [-0.3, -0.25) is 4.79 Å². The quantitative estimate of drug-likeness (QED) is 0.907. The van der Waals surface area contributed by atoms with Gasteiger partial charge >= 0.3 is 0 Å². The smallest absolute Gasteiger partial charge is 0.239 e. The molecule has 19 heavy (non-hydrogen) atoms. The normalized spacial score (nSPS) is 23.3. The van der Waals surface area contributed by atoms with Crippen molar-refractivity contribution in [3.8, 4) is 0 Å². The van der Waals surface area contributed by atoms with Crippen molar-refractivity contribution in [3.63, 3.8) is 0 Å². The predicted octanol–water partition coefficient (Wildman–Crippen LogP) is 2.32. The molecule has 0 aliphatic carbocycles. The Balaban J connectivity index is 1.91. The van der Waals surface area contributed by atoms with Gasteiger partial charge < -0.3 is 14.6 Å². The average Bonchev–Trinajstić information content (AvgIpc) is 2.83. The van der Waals surface area contributed by atoms with E-state index in [1.807, 2.05) is 26.1 Å². The van der Waals surface area contributed by atoms with E-state index in [1.54, 1.807) is 4.90 Å². The standard InChI is InChI=1S/C15H24N2O2/c1-4-12-7-8-16-14(9-12)15(18)17(3)10-13-6-5-11(2)19-13/h5-6,12,14,16H,4,7-10H2,1-3H3. The second-order valence-electron chi connectivity index (χ2n) is 5.51. The van der Waals surface area contributed by atoms with Crippen molar-refractivity contribution in [1.29, 1.82) is 0 Å². The minimum absolute atomic E-state index is 0.0280. The Kier molecular flexibility index (Phi) is 4.64. The number of nitrogens with zero attached hydrogens (tertiary/aromatic N) is 1. The third-order valence-electron chi connectivity index (χ3n) is 3.95. The summed E-state index contributed by atoms with van der Waals surface area (Å²) in [7, 11) is 1.84. The van der Waals surface area contributed by atoms with Crippen LogP contribution in [0.4, 0.5) is 0 Å². The van der Waals surface area contributed by atoms with Gasteiger partial charge in [-0.1, -0.05) is 13.3 Å². The molecule has 1 aromatic rings. The summed E-state index contributed by atoms with van der Waals surface area (Å²) in [5.41, 5.74) is 0. The number of hydrogen-bond donors (Lipinski definition) is 1. The van der Waals surface area contributed by atoms with Gasteiger partial charge in [-0.25, -0.2) is 0 Å². The Bertz CT molecular complexity index is 428. The van der Waals surface area contributed by atoms with Crippen LogP contribution in [0, 0.1) is 12.8 Å². The number of rotatable bonds is 4. The second kappa shape index (κ2) is 6.24. The van der Waals surface area contributed by atoms with Gasteiger partial charge in [-0.05, 0) is 44.4 Å². The Morgan fingerprint density at radius 1 is 1.53 bits per heavy atom. The molecule has 0 aromatic carbocycles. The molecule has 0 saturated carbocycles. The van der Waals surface area contributed by atoms with E-state index in [2.05, 4.69) is 12.2 Å². The molecule has 2 atom stereocenters. The minimum Gasteiger partial charge on any atom is -0.464 e. The van der Waals surface area contributed by atoms with Crippen LogP contribution >= 0.6 is 0 Å². The fraction of sp³-hybridized carbons (Fsp3) is 0.667. The fourth-order valence-electron chi connectivity index (χ4n) is 2.70. The summed E-state index contributed by atoms with van der Waals surface area (Å²) in [4.78, 5) is 14.2. The van der Waals surface area contributed by atoms with Crippen molar-refractivity contribution in [1.82, 2.24) is 10.2 Å². The molecule has 1 N–H and O–H groups in total.